The lowest BCUT2D eigenvalue weighted by Gasteiger charge is -2.08. The van der Waals surface area contributed by atoms with E-state index in [1.807, 2.05) is 48.5 Å². The zero-order valence-electron chi connectivity index (χ0n) is 18.4. The molecule has 6 nitrogen and oxygen atoms in total. The fraction of sp³-hybridized carbons (Fsp3) is 0.231. The molecule has 0 spiro atoms. The Morgan fingerprint density at radius 3 is 2.38 bits per heavy atom. The van der Waals surface area contributed by atoms with Gasteiger partial charge in [-0.1, -0.05) is 25.5 Å². The van der Waals surface area contributed by atoms with E-state index in [2.05, 4.69) is 17.5 Å². The van der Waals surface area contributed by atoms with Gasteiger partial charge in [0.1, 0.15) is 23.9 Å². The van der Waals surface area contributed by atoms with Gasteiger partial charge in [0.25, 0.3) is 5.91 Å². The second-order valence-corrected chi connectivity index (χ2v) is 7.13. The molecular formula is C26H28N2O4. The molecule has 6 heteroatoms. The topological polar surface area (TPSA) is 69.2 Å². The number of methoxy groups -OCH3 is 1. The lowest BCUT2D eigenvalue weighted by Crippen LogP contribution is -2.17. The van der Waals surface area contributed by atoms with Gasteiger partial charge in [0.05, 0.1) is 19.9 Å². The van der Waals surface area contributed by atoms with Crippen LogP contribution in [0.15, 0.2) is 77.9 Å². The molecule has 166 valence electrons. The van der Waals surface area contributed by atoms with Crippen molar-refractivity contribution in [3.05, 3.63) is 89.5 Å². The maximum absolute atomic E-state index is 12.3. The van der Waals surface area contributed by atoms with Crippen LogP contribution in [0.25, 0.3) is 0 Å². The summed E-state index contributed by atoms with van der Waals surface area (Å²) in [7, 11) is 1.63. The number of nitrogens with zero attached hydrogens (tertiary/aromatic N) is 1. The van der Waals surface area contributed by atoms with E-state index in [1.54, 1.807) is 37.6 Å². The molecule has 1 N–H and O–H groups in total. The lowest BCUT2D eigenvalue weighted by atomic mass is 10.2. The van der Waals surface area contributed by atoms with Crippen molar-refractivity contribution in [2.24, 2.45) is 5.10 Å². The van der Waals surface area contributed by atoms with Gasteiger partial charge in [0.15, 0.2) is 0 Å². The zero-order chi connectivity index (χ0) is 22.6. The summed E-state index contributed by atoms with van der Waals surface area (Å²) in [6.45, 7) is 3.25. The Hall–Kier alpha value is -3.80. The predicted octanol–water partition coefficient (Wildman–Crippen LogP) is 5.22. The number of hydrogen-bond acceptors (Lipinski definition) is 5. The Kier molecular flexibility index (Phi) is 8.69. The number of amides is 1. The molecule has 0 saturated heterocycles. The lowest BCUT2D eigenvalue weighted by molar-refractivity contribution is 0.0955. The minimum Gasteiger partial charge on any atom is -0.497 e. The third kappa shape index (κ3) is 7.16. The van der Waals surface area contributed by atoms with Crippen molar-refractivity contribution in [2.75, 3.05) is 13.7 Å². The maximum Gasteiger partial charge on any atom is 0.271 e. The van der Waals surface area contributed by atoms with E-state index in [0.717, 1.165) is 35.5 Å². The summed E-state index contributed by atoms with van der Waals surface area (Å²) < 4.78 is 16.6. The summed E-state index contributed by atoms with van der Waals surface area (Å²) in [4.78, 5) is 12.3. The van der Waals surface area contributed by atoms with Crippen LogP contribution in [0.2, 0.25) is 0 Å². The van der Waals surface area contributed by atoms with Gasteiger partial charge in [-0.3, -0.25) is 4.79 Å². The zero-order valence-corrected chi connectivity index (χ0v) is 18.4. The Bertz CT molecular complexity index is 1010. The molecule has 32 heavy (non-hydrogen) atoms. The standard InChI is InChI=1S/C26H28N2O4/c1-3-4-16-31-23-12-8-20(9-13-23)18-27-28-26(29)22-10-14-24(15-11-22)32-19-21-6-5-7-25(17-21)30-2/h5-15,17-18H,3-4,16,19H2,1-2H3,(H,28,29)/b27-18-. The molecular weight excluding hydrogens is 404 g/mol. The Morgan fingerprint density at radius 1 is 0.938 bits per heavy atom. The molecule has 0 atom stereocenters. The molecule has 1 amide bonds. The highest BCUT2D eigenvalue weighted by Gasteiger charge is 2.05. The minimum absolute atomic E-state index is 0.292. The van der Waals surface area contributed by atoms with Crippen molar-refractivity contribution in [3.8, 4) is 17.2 Å². The van der Waals surface area contributed by atoms with Gasteiger partial charge < -0.3 is 14.2 Å². The fourth-order valence-corrected chi connectivity index (χ4v) is 2.85. The minimum atomic E-state index is -0.292. The third-order valence-corrected chi connectivity index (χ3v) is 4.68. The van der Waals surface area contributed by atoms with Gasteiger partial charge in [-0.05, 0) is 78.2 Å². The quantitative estimate of drug-likeness (QED) is 0.256. The number of nitrogens with one attached hydrogen (secondary N) is 1. The molecule has 0 aliphatic heterocycles. The van der Waals surface area contributed by atoms with Crippen LogP contribution in [0, 0.1) is 0 Å². The first-order chi connectivity index (χ1) is 15.7. The van der Waals surface area contributed by atoms with E-state index >= 15 is 0 Å². The first kappa shape index (κ1) is 22.9. The normalized spacial score (nSPS) is 10.7. The SMILES string of the molecule is CCCCOc1ccc(/C=N\NC(=O)c2ccc(OCc3cccc(OC)c3)cc2)cc1. The molecule has 3 aromatic rings. The second-order valence-electron chi connectivity index (χ2n) is 7.13. The summed E-state index contributed by atoms with van der Waals surface area (Å²) in [5.74, 6) is 2.00. The number of hydrogen-bond donors (Lipinski definition) is 1. The molecule has 0 aliphatic rings. The summed E-state index contributed by atoms with van der Waals surface area (Å²) in [5, 5.41) is 4.03. The van der Waals surface area contributed by atoms with E-state index in [4.69, 9.17) is 14.2 Å². The summed E-state index contributed by atoms with van der Waals surface area (Å²) >= 11 is 0. The number of unbranched alkanes of at least 4 members (excludes halogenated alkanes) is 1. The highest BCUT2D eigenvalue weighted by Crippen LogP contribution is 2.17. The summed E-state index contributed by atoms with van der Waals surface area (Å²) in [6, 6.07) is 22.2. The molecule has 0 aliphatic carbocycles. The van der Waals surface area contributed by atoms with E-state index < -0.39 is 0 Å². The predicted molar refractivity (Wildman–Crippen MR) is 126 cm³/mol. The van der Waals surface area contributed by atoms with Crippen LogP contribution in [0.4, 0.5) is 0 Å². The van der Waals surface area contributed by atoms with Crippen LogP contribution < -0.4 is 19.6 Å². The molecule has 0 radical (unpaired) electrons. The van der Waals surface area contributed by atoms with E-state index in [0.29, 0.717) is 24.5 Å². The first-order valence-corrected chi connectivity index (χ1v) is 10.6. The Labute approximate surface area is 188 Å². The summed E-state index contributed by atoms with van der Waals surface area (Å²) in [5.41, 5.74) is 4.91. The summed E-state index contributed by atoms with van der Waals surface area (Å²) in [6.07, 6.45) is 3.73. The van der Waals surface area contributed by atoms with Gasteiger partial charge in [-0.25, -0.2) is 5.43 Å². The Morgan fingerprint density at radius 2 is 1.66 bits per heavy atom. The van der Waals surface area contributed by atoms with Crippen molar-refractivity contribution >= 4 is 12.1 Å². The van der Waals surface area contributed by atoms with Crippen LogP contribution in [0.5, 0.6) is 17.2 Å². The number of carbonyl (C=O) groups excluding carboxylic acids is 1. The molecule has 0 saturated carbocycles. The van der Waals surface area contributed by atoms with Gasteiger partial charge in [0, 0.05) is 5.56 Å². The number of hydrazone groups is 1. The molecule has 0 fully saturated rings. The van der Waals surface area contributed by atoms with Crippen molar-refractivity contribution in [1.82, 2.24) is 5.43 Å². The highest BCUT2D eigenvalue weighted by molar-refractivity contribution is 5.95. The van der Waals surface area contributed by atoms with Crippen LogP contribution in [0.3, 0.4) is 0 Å². The van der Waals surface area contributed by atoms with Crippen LogP contribution >= 0.6 is 0 Å². The van der Waals surface area contributed by atoms with Gasteiger partial charge in [-0.2, -0.15) is 5.10 Å². The molecule has 0 heterocycles. The number of rotatable bonds is 11. The van der Waals surface area contributed by atoms with E-state index in [9.17, 15) is 4.79 Å². The Balaban J connectivity index is 1.46. The fourth-order valence-electron chi connectivity index (χ4n) is 2.85. The maximum atomic E-state index is 12.3. The van der Waals surface area contributed by atoms with E-state index in [1.165, 1.54) is 0 Å². The van der Waals surface area contributed by atoms with Crippen molar-refractivity contribution < 1.29 is 19.0 Å². The largest absolute Gasteiger partial charge is 0.497 e. The molecule has 0 bridgehead atoms. The third-order valence-electron chi connectivity index (χ3n) is 4.68. The van der Waals surface area contributed by atoms with Crippen LogP contribution in [-0.4, -0.2) is 25.8 Å². The smallest absolute Gasteiger partial charge is 0.271 e. The van der Waals surface area contributed by atoms with Gasteiger partial charge >= 0.3 is 0 Å². The molecule has 0 unspecified atom stereocenters. The average Bonchev–Trinajstić information content (AvgIpc) is 2.84. The first-order valence-electron chi connectivity index (χ1n) is 10.6. The highest BCUT2D eigenvalue weighted by atomic mass is 16.5. The number of carbonyl (C=O) groups is 1. The number of ether oxygens (including phenoxy) is 3. The molecule has 0 aromatic heterocycles. The van der Waals surface area contributed by atoms with Crippen molar-refractivity contribution in [3.63, 3.8) is 0 Å². The van der Waals surface area contributed by atoms with Crippen LogP contribution in [0.1, 0.15) is 41.3 Å². The van der Waals surface area contributed by atoms with Gasteiger partial charge in [-0.15, -0.1) is 0 Å². The second kappa shape index (κ2) is 12.2. The molecule has 3 aromatic carbocycles. The van der Waals surface area contributed by atoms with E-state index in [-0.39, 0.29) is 5.91 Å². The number of benzene rings is 3. The average molecular weight is 433 g/mol. The van der Waals surface area contributed by atoms with Crippen LogP contribution in [-0.2, 0) is 6.61 Å². The molecule has 3 rings (SSSR count). The van der Waals surface area contributed by atoms with Gasteiger partial charge in [0.2, 0.25) is 0 Å². The van der Waals surface area contributed by atoms with Crippen molar-refractivity contribution in [2.45, 2.75) is 26.4 Å². The monoisotopic (exact) mass is 432 g/mol. The van der Waals surface area contributed by atoms with Crippen molar-refractivity contribution in [1.29, 1.82) is 0 Å².